The van der Waals surface area contributed by atoms with Gasteiger partial charge in [-0.15, -0.1) is 0 Å². The summed E-state index contributed by atoms with van der Waals surface area (Å²) in [5.41, 5.74) is -0.339. The number of nitrogens with zero attached hydrogens (tertiary/aromatic N) is 2. The SMILES string of the molecule is CC(C)(C)C1CN(C(=O)[O-])CCN1C(=O)[O-]. The molecule has 1 heterocycles. The van der Waals surface area contributed by atoms with Gasteiger partial charge in [0.2, 0.25) is 0 Å². The molecule has 0 radical (unpaired) electrons. The van der Waals surface area contributed by atoms with Gasteiger partial charge < -0.3 is 29.6 Å². The second-order valence-electron chi connectivity index (χ2n) is 5.05. The fourth-order valence-corrected chi connectivity index (χ4v) is 1.91. The van der Waals surface area contributed by atoms with Crippen molar-refractivity contribution in [3.05, 3.63) is 0 Å². The number of rotatable bonds is 0. The number of amides is 2. The lowest BCUT2D eigenvalue weighted by molar-refractivity contribution is -0.280. The molecule has 0 N–H and O–H groups in total. The van der Waals surface area contributed by atoms with Gasteiger partial charge in [-0.25, -0.2) is 0 Å². The van der Waals surface area contributed by atoms with Crippen LogP contribution < -0.4 is 10.2 Å². The summed E-state index contributed by atoms with van der Waals surface area (Å²) in [7, 11) is 0. The van der Waals surface area contributed by atoms with Crippen molar-refractivity contribution >= 4 is 12.2 Å². The van der Waals surface area contributed by atoms with Crippen LogP contribution in [0.15, 0.2) is 0 Å². The molecule has 1 atom stereocenters. The Kier molecular flexibility index (Phi) is 3.30. The van der Waals surface area contributed by atoms with E-state index >= 15 is 0 Å². The van der Waals surface area contributed by atoms with Crippen LogP contribution in [0.4, 0.5) is 9.59 Å². The summed E-state index contributed by atoms with van der Waals surface area (Å²) in [5, 5.41) is 21.7. The van der Waals surface area contributed by atoms with Gasteiger partial charge in [-0.3, -0.25) is 0 Å². The maximum atomic E-state index is 10.9. The Balaban J connectivity index is 2.86. The van der Waals surface area contributed by atoms with E-state index in [4.69, 9.17) is 0 Å². The summed E-state index contributed by atoms with van der Waals surface area (Å²) in [6.45, 7) is 6.02. The van der Waals surface area contributed by atoms with Gasteiger partial charge in [0, 0.05) is 19.6 Å². The minimum atomic E-state index is -1.26. The number of hydrogen-bond acceptors (Lipinski definition) is 4. The Bertz CT molecular complexity index is 298. The monoisotopic (exact) mass is 228 g/mol. The number of carboxylic acid groups (broad SMARTS) is 2. The Morgan fingerprint density at radius 3 is 2.06 bits per heavy atom. The highest BCUT2D eigenvalue weighted by Gasteiger charge is 2.35. The maximum Gasteiger partial charge on any atom is 0.137 e. The molecule has 1 unspecified atom stereocenters. The lowest BCUT2D eigenvalue weighted by Crippen LogP contribution is -2.64. The predicted octanol–water partition coefficient (Wildman–Crippen LogP) is -1.29. The molecule has 0 aromatic carbocycles. The van der Waals surface area contributed by atoms with E-state index in [-0.39, 0.29) is 25.0 Å². The van der Waals surface area contributed by atoms with Crippen LogP contribution in [0.1, 0.15) is 20.8 Å². The highest BCUT2D eigenvalue weighted by molar-refractivity contribution is 5.66. The van der Waals surface area contributed by atoms with Gasteiger partial charge >= 0.3 is 0 Å². The van der Waals surface area contributed by atoms with Crippen molar-refractivity contribution in [1.29, 1.82) is 0 Å². The molecule has 2 amide bonds. The van der Waals surface area contributed by atoms with Crippen molar-refractivity contribution in [1.82, 2.24) is 9.80 Å². The van der Waals surface area contributed by atoms with Gasteiger partial charge in [-0.05, 0) is 5.41 Å². The summed E-state index contributed by atoms with van der Waals surface area (Å²) in [6, 6.07) is -0.399. The van der Waals surface area contributed by atoms with Gasteiger partial charge in [0.05, 0.1) is 6.04 Å². The third kappa shape index (κ3) is 2.56. The summed E-state index contributed by atoms with van der Waals surface area (Å²) in [5.74, 6) is 0. The zero-order valence-electron chi connectivity index (χ0n) is 9.73. The van der Waals surface area contributed by atoms with Crippen LogP contribution in [-0.2, 0) is 0 Å². The van der Waals surface area contributed by atoms with E-state index in [1.165, 1.54) is 4.90 Å². The third-order valence-corrected chi connectivity index (χ3v) is 2.87. The average molecular weight is 228 g/mol. The van der Waals surface area contributed by atoms with Crippen LogP contribution >= 0.6 is 0 Å². The third-order valence-electron chi connectivity index (χ3n) is 2.87. The molecule has 1 saturated heterocycles. The summed E-state index contributed by atoms with van der Waals surface area (Å²) in [4.78, 5) is 24.0. The molecule has 16 heavy (non-hydrogen) atoms. The normalized spacial score (nSPS) is 22.1. The lowest BCUT2D eigenvalue weighted by Gasteiger charge is -2.49. The molecule has 6 heteroatoms. The molecule has 0 saturated carbocycles. The molecule has 0 aliphatic carbocycles. The minimum Gasteiger partial charge on any atom is -0.530 e. The van der Waals surface area contributed by atoms with Gasteiger partial charge in [-0.2, -0.15) is 0 Å². The number of piperazine rings is 1. The first-order valence-corrected chi connectivity index (χ1v) is 5.17. The molecule has 1 fully saturated rings. The lowest BCUT2D eigenvalue weighted by atomic mass is 9.84. The Labute approximate surface area is 94.4 Å². The van der Waals surface area contributed by atoms with E-state index in [2.05, 4.69) is 0 Å². The second kappa shape index (κ2) is 4.19. The molecular formula is C10H16N2O4-2. The van der Waals surface area contributed by atoms with E-state index < -0.39 is 18.2 Å². The fraction of sp³-hybridized carbons (Fsp3) is 0.800. The van der Waals surface area contributed by atoms with Gasteiger partial charge in [0.25, 0.3) is 0 Å². The number of carbonyl (C=O) groups excluding carboxylic acids is 2. The van der Waals surface area contributed by atoms with Crippen molar-refractivity contribution in [2.75, 3.05) is 19.6 Å². The summed E-state index contributed by atoms with van der Waals surface area (Å²) in [6.07, 6.45) is -2.51. The zero-order chi connectivity index (χ0) is 12.5. The molecule has 0 spiro atoms. The molecule has 6 nitrogen and oxygen atoms in total. The first-order chi connectivity index (χ1) is 7.23. The average Bonchev–Trinajstić information content (AvgIpc) is 2.15. The van der Waals surface area contributed by atoms with Gasteiger partial charge in [0.1, 0.15) is 12.2 Å². The molecule has 0 bridgehead atoms. The molecule has 0 aromatic heterocycles. The smallest absolute Gasteiger partial charge is 0.137 e. The first kappa shape index (κ1) is 12.6. The molecule has 0 aromatic rings. The topological polar surface area (TPSA) is 86.7 Å². The van der Waals surface area contributed by atoms with E-state index in [0.717, 1.165) is 4.90 Å². The summed E-state index contributed by atoms with van der Waals surface area (Å²) >= 11 is 0. The predicted molar refractivity (Wildman–Crippen MR) is 52.3 cm³/mol. The Morgan fingerprint density at radius 2 is 1.69 bits per heavy atom. The van der Waals surface area contributed by atoms with Crippen LogP contribution in [0.2, 0.25) is 0 Å². The maximum absolute atomic E-state index is 10.9. The molecule has 1 aliphatic heterocycles. The van der Waals surface area contributed by atoms with Crippen molar-refractivity contribution in [2.45, 2.75) is 26.8 Å². The number of hydrogen-bond donors (Lipinski definition) is 0. The van der Waals surface area contributed by atoms with Crippen LogP contribution in [0.3, 0.4) is 0 Å². The van der Waals surface area contributed by atoms with Crippen molar-refractivity contribution < 1.29 is 19.8 Å². The molecular weight excluding hydrogens is 212 g/mol. The molecule has 1 aliphatic rings. The largest absolute Gasteiger partial charge is 0.530 e. The minimum absolute atomic E-state index is 0.137. The van der Waals surface area contributed by atoms with Crippen molar-refractivity contribution in [2.24, 2.45) is 5.41 Å². The van der Waals surface area contributed by atoms with Gasteiger partial charge in [0.15, 0.2) is 0 Å². The van der Waals surface area contributed by atoms with Crippen LogP contribution in [0, 0.1) is 5.41 Å². The quantitative estimate of drug-likeness (QED) is 0.516. The zero-order valence-corrected chi connectivity index (χ0v) is 9.73. The first-order valence-electron chi connectivity index (χ1n) is 5.17. The van der Waals surface area contributed by atoms with E-state index in [1.807, 2.05) is 20.8 Å². The number of carbonyl (C=O) groups is 2. The van der Waals surface area contributed by atoms with Crippen molar-refractivity contribution in [3.63, 3.8) is 0 Å². The van der Waals surface area contributed by atoms with Crippen LogP contribution in [0.25, 0.3) is 0 Å². The molecule has 92 valence electrons. The Hall–Kier alpha value is -1.46. The molecule has 1 rings (SSSR count). The van der Waals surface area contributed by atoms with Gasteiger partial charge in [-0.1, -0.05) is 20.8 Å². The van der Waals surface area contributed by atoms with Crippen LogP contribution in [0.5, 0.6) is 0 Å². The van der Waals surface area contributed by atoms with E-state index in [1.54, 1.807) is 0 Å². The highest BCUT2D eigenvalue weighted by atomic mass is 16.4. The summed E-state index contributed by atoms with van der Waals surface area (Å²) < 4.78 is 0. The second-order valence-corrected chi connectivity index (χ2v) is 5.05. The van der Waals surface area contributed by atoms with E-state index in [0.29, 0.717) is 0 Å². The highest BCUT2D eigenvalue weighted by Crippen LogP contribution is 2.27. The fourth-order valence-electron chi connectivity index (χ4n) is 1.91. The van der Waals surface area contributed by atoms with Crippen molar-refractivity contribution in [3.8, 4) is 0 Å². The standard InChI is InChI=1S/C10H18N2O4/c1-10(2,3)7-6-11(8(13)14)4-5-12(7)9(15)16/h7H,4-6H2,1-3H3,(H,13,14)(H,15,16)/p-2. The Morgan fingerprint density at radius 1 is 1.12 bits per heavy atom. The van der Waals surface area contributed by atoms with Crippen LogP contribution in [-0.4, -0.2) is 47.7 Å². The van der Waals surface area contributed by atoms with E-state index in [9.17, 15) is 19.8 Å².